The molecule has 0 bridgehead atoms. The normalized spacial score (nSPS) is 14.1. The number of fused-ring (bicyclic) bond motifs is 1. The highest BCUT2D eigenvalue weighted by Crippen LogP contribution is 2.43. The Hall–Kier alpha value is -3.32. The van der Waals surface area contributed by atoms with Crippen LogP contribution in [0.3, 0.4) is 0 Å². The topological polar surface area (TPSA) is 75.8 Å². The fourth-order valence-corrected chi connectivity index (χ4v) is 3.71. The number of benzene rings is 2. The molecule has 0 unspecified atom stereocenters. The van der Waals surface area contributed by atoms with Crippen molar-refractivity contribution >= 4 is 16.7 Å². The molecule has 1 heterocycles. The molecule has 4 nitrogen and oxygen atoms in total. The van der Waals surface area contributed by atoms with E-state index in [2.05, 4.69) is 39.0 Å². The Bertz CT molecular complexity index is 1180. The Morgan fingerprint density at radius 2 is 1.86 bits per heavy atom. The van der Waals surface area contributed by atoms with Crippen LogP contribution in [0.25, 0.3) is 27.8 Å². The molecular weight excluding hydrogens is 346 g/mol. The van der Waals surface area contributed by atoms with Crippen molar-refractivity contribution in [3.8, 4) is 17.2 Å². The Labute approximate surface area is 165 Å². The number of hydrogen-bond acceptors (Lipinski definition) is 4. The summed E-state index contributed by atoms with van der Waals surface area (Å²) >= 11 is 0. The van der Waals surface area contributed by atoms with Crippen LogP contribution in [0.15, 0.2) is 52.6 Å². The molecule has 3 aromatic rings. The number of oxazole rings is 1. The van der Waals surface area contributed by atoms with E-state index in [1.165, 1.54) is 0 Å². The van der Waals surface area contributed by atoms with Gasteiger partial charge in [-0.15, -0.1) is 0 Å². The molecule has 0 atom stereocenters. The summed E-state index contributed by atoms with van der Waals surface area (Å²) in [5.41, 5.74) is 13.4. The van der Waals surface area contributed by atoms with Gasteiger partial charge in [-0.25, -0.2) is 4.98 Å². The Balaban J connectivity index is 2.17. The third-order valence-electron chi connectivity index (χ3n) is 5.13. The second-order valence-electron chi connectivity index (χ2n) is 8.25. The van der Waals surface area contributed by atoms with Crippen LogP contribution in [0, 0.1) is 18.3 Å². The van der Waals surface area contributed by atoms with Gasteiger partial charge >= 0.3 is 0 Å². The van der Waals surface area contributed by atoms with Crippen molar-refractivity contribution < 1.29 is 4.42 Å². The quantitative estimate of drug-likeness (QED) is 0.638. The largest absolute Gasteiger partial charge is 0.439 e. The molecule has 28 heavy (non-hydrogen) atoms. The molecule has 0 saturated carbocycles. The number of nitrogens with zero attached hydrogens (tertiary/aromatic N) is 2. The molecule has 2 aromatic carbocycles. The Kier molecular flexibility index (Phi) is 4.12. The van der Waals surface area contributed by atoms with Crippen LogP contribution in [0.5, 0.6) is 0 Å². The zero-order chi connectivity index (χ0) is 20.1. The molecule has 0 spiro atoms. The second-order valence-corrected chi connectivity index (χ2v) is 8.25. The summed E-state index contributed by atoms with van der Waals surface area (Å²) in [6, 6.07) is 12.5. The molecule has 1 aliphatic carbocycles. The number of nitrogens with two attached hydrogens (primary N) is 1. The van der Waals surface area contributed by atoms with Crippen LogP contribution in [0.2, 0.25) is 0 Å². The summed E-state index contributed by atoms with van der Waals surface area (Å²) < 4.78 is 6.30. The van der Waals surface area contributed by atoms with Crippen molar-refractivity contribution in [1.82, 2.24) is 4.98 Å². The lowest BCUT2D eigenvalue weighted by Gasteiger charge is -2.16. The molecule has 140 valence electrons. The first-order valence-corrected chi connectivity index (χ1v) is 9.41. The molecular formula is C24H23N3O. The van der Waals surface area contributed by atoms with E-state index in [1.807, 2.05) is 37.3 Å². The molecule has 4 heteroatoms. The molecule has 4 rings (SSSR count). The summed E-state index contributed by atoms with van der Waals surface area (Å²) in [4.78, 5) is 4.74. The number of hydrogen-bond donors (Lipinski definition) is 1. The zero-order valence-corrected chi connectivity index (χ0v) is 16.6. The maximum atomic E-state index is 9.92. The molecule has 0 fully saturated rings. The molecule has 0 aliphatic heterocycles. The van der Waals surface area contributed by atoms with Crippen LogP contribution >= 0.6 is 0 Å². The van der Waals surface area contributed by atoms with E-state index in [0.29, 0.717) is 22.6 Å². The molecule has 0 radical (unpaired) electrons. The summed E-state index contributed by atoms with van der Waals surface area (Å²) in [6.07, 6.45) is 4.73. The van der Waals surface area contributed by atoms with Crippen LogP contribution < -0.4 is 5.73 Å². The summed E-state index contributed by atoms with van der Waals surface area (Å²) in [5.74, 6) is 0.629. The number of aromatic nitrogens is 1. The second kappa shape index (κ2) is 6.38. The van der Waals surface area contributed by atoms with Gasteiger partial charge in [0, 0.05) is 16.7 Å². The molecule has 1 aromatic heterocycles. The molecule has 0 amide bonds. The summed E-state index contributed by atoms with van der Waals surface area (Å²) in [7, 11) is 0. The maximum absolute atomic E-state index is 9.92. The van der Waals surface area contributed by atoms with Gasteiger partial charge in [0.15, 0.2) is 5.58 Å². The van der Waals surface area contributed by atoms with Crippen LogP contribution in [0.1, 0.15) is 49.8 Å². The van der Waals surface area contributed by atoms with Crippen LogP contribution in [-0.2, 0) is 5.41 Å². The van der Waals surface area contributed by atoms with Crippen molar-refractivity contribution in [2.45, 2.75) is 39.5 Å². The average molecular weight is 369 g/mol. The third kappa shape index (κ3) is 2.80. The fourth-order valence-electron chi connectivity index (χ4n) is 3.71. The van der Waals surface area contributed by atoms with Gasteiger partial charge in [0.05, 0.1) is 5.56 Å². The Morgan fingerprint density at radius 1 is 1.14 bits per heavy atom. The van der Waals surface area contributed by atoms with Gasteiger partial charge in [0.2, 0.25) is 5.89 Å². The van der Waals surface area contributed by atoms with Crippen molar-refractivity contribution in [3.63, 3.8) is 0 Å². The fraction of sp³-hybridized carbons (Fsp3) is 0.250. The minimum atomic E-state index is -0.259. The van der Waals surface area contributed by atoms with E-state index in [4.69, 9.17) is 15.1 Å². The van der Waals surface area contributed by atoms with Gasteiger partial charge in [0.25, 0.3) is 0 Å². The molecule has 0 saturated heterocycles. The first kappa shape index (κ1) is 18.1. The van der Waals surface area contributed by atoms with E-state index in [-0.39, 0.29) is 5.41 Å². The summed E-state index contributed by atoms with van der Waals surface area (Å²) in [5, 5.41) is 9.92. The monoisotopic (exact) mass is 369 g/mol. The van der Waals surface area contributed by atoms with Crippen molar-refractivity contribution in [2.24, 2.45) is 5.73 Å². The number of nitriles is 1. The smallest absolute Gasteiger partial charge is 0.200 e. The number of allylic oxidation sites excluding steroid dienone is 3. The first-order valence-electron chi connectivity index (χ1n) is 9.41. The minimum absolute atomic E-state index is 0.259. The highest BCUT2D eigenvalue weighted by atomic mass is 16.3. The van der Waals surface area contributed by atoms with E-state index < -0.39 is 0 Å². The Morgan fingerprint density at radius 3 is 2.43 bits per heavy atom. The minimum Gasteiger partial charge on any atom is -0.439 e. The highest BCUT2D eigenvalue weighted by Gasteiger charge is 2.29. The van der Waals surface area contributed by atoms with Crippen molar-refractivity contribution in [3.05, 3.63) is 70.8 Å². The summed E-state index contributed by atoms with van der Waals surface area (Å²) in [6.45, 7) is 8.16. The van der Waals surface area contributed by atoms with Crippen LogP contribution in [0.4, 0.5) is 0 Å². The third-order valence-corrected chi connectivity index (χ3v) is 5.13. The predicted octanol–water partition coefficient (Wildman–Crippen LogP) is 5.60. The van der Waals surface area contributed by atoms with E-state index in [1.54, 1.807) is 0 Å². The van der Waals surface area contributed by atoms with Crippen molar-refractivity contribution in [2.75, 3.05) is 0 Å². The first-order chi connectivity index (χ1) is 13.3. The maximum Gasteiger partial charge on any atom is 0.200 e. The average Bonchev–Trinajstić information content (AvgIpc) is 3.28. The lowest BCUT2D eigenvalue weighted by Crippen LogP contribution is -2.11. The van der Waals surface area contributed by atoms with Gasteiger partial charge < -0.3 is 10.2 Å². The SMILES string of the molecule is Cc1c(-c2ccccc2)c(C2=CC(N)=CC2)c2oc(C(C)(C)C)nc2c1C#N. The predicted molar refractivity (Wildman–Crippen MR) is 112 cm³/mol. The van der Waals surface area contributed by atoms with E-state index in [9.17, 15) is 5.26 Å². The standard InChI is InChI=1S/C24H23N3O/c1-14-18(13-25)21-22(28-23(27-21)24(2,3)4)20(16-10-11-17(26)12-16)19(14)15-8-6-5-7-9-15/h5-9,11-12H,10,26H2,1-4H3. The van der Waals surface area contributed by atoms with Gasteiger partial charge in [-0.1, -0.05) is 57.2 Å². The van der Waals surface area contributed by atoms with Gasteiger partial charge in [0.1, 0.15) is 11.6 Å². The highest BCUT2D eigenvalue weighted by molar-refractivity contribution is 6.01. The molecule has 2 N–H and O–H groups in total. The van der Waals surface area contributed by atoms with Gasteiger partial charge in [-0.3, -0.25) is 0 Å². The van der Waals surface area contributed by atoms with Gasteiger partial charge in [-0.2, -0.15) is 5.26 Å². The lowest BCUT2D eigenvalue weighted by atomic mass is 9.87. The lowest BCUT2D eigenvalue weighted by molar-refractivity contribution is 0.410. The van der Waals surface area contributed by atoms with Crippen molar-refractivity contribution in [1.29, 1.82) is 5.26 Å². The zero-order valence-electron chi connectivity index (χ0n) is 16.6. The molecule has 1 aliphatic rings. The van der Waals surface area contributed by atoms with Crippen LogP contribution in [-0.4, -0.2) is 4.98 Å². The van der Waals surface area contributed by atoms with E-state index >= 15 is 0 Å². The van der Waals surface area contributed by atoms with E-state index in [0.717, 1.165) is 39.9 Å². The van der Waals surface area contributed by atoms with Gasteiger partial charge in [-0.05, 0) is 41.7 Å². The number of rotatable bonds is 2.